The van der Waals surface area contributed by atoms with E-state index in [1.807, 2.05) is 36.4 Å². The fourth-order valence-electron chi connectivity index (χ4n) is 4.42. The molecular formula is C33H34N3O9PS. The van der Waals surface area contributed by atoms with Crippen LogP contribution in [0.3, 0.4) is 0 Å². The SMILES string of the molecule is CCOP(=O)(/C=C/c1cn(-c2ccccc2)nc1OCc1ccc(OCc2nc(-c3ccc(C(=O)O)s3)oc2C)c(OC)c1)OCC. The quantitative estimate of drug-likeness (QED) is 0.101. The minimum Gasteiger partial charge on any atom is -0.493 e. The van der Waals surface area contributed by atoms with Gasteiger partial charge in [-0.15, -0.1) is 16.4 Å². The third-order valence-corrected chi connectivity index (χ3v) is 9.48. The first-order valence-corrected chi connectivity index (χ1v) is 17.1. The first-order chi connectivity index (χ1) is 22.7. The van der Waals surface area contributed by atoms with Gasteiger partial charge in [-0.25, -0.2) is 14.5 Å². The molecule has 47 heavy (non-hydrogen) atoms. The van der Waals surface area contributed by atoms with Crippen molar-refractivity contribution in [3.8, 4) is 33.8 Å². The molecule has 0 saturated heterocycles. The summed E-state index contributed by atoms with van der Waals surface area (Å²) in [5, 5.41) is 13.8. The molecule has 246 valence electrons. The van der Waals surface area contributed by atoms with Gasteiger partial charge in [0.25, 0.3) is 0 Å². The molecule has 1 N–H and O–H groups in total. The number of carboxylic acids is 1. The Labute approximate surface area is 275 Å². The number of nitrogens with zero attached hydrogens (tertiary/aromatic N) is 3. The van der Waals surface area contributed by atoms with E-state index in [4.69, 9.17) is 27.7 Å². The third-order valence-electron chi connectivity index (χ3n) is 6.67. The van der Waals surface area contributed by atoms with Crippen molar-refractivity contribution in [3.63, 3.8) is 0 Å². The van der Waals surface area contributed by atoms with Crippen LogP contribution in [0.4, 0.5) is 0 Å². The summed E-state index contributed by atoms with van der Waals surface area (Å²) in [5.41, 5.74) is 2.78. The van der Waals surface area contributed by atoms with Gasteiger partial charge in [0, 0.05) is 12.0 Å². The number of methoxy groups -OCH3 is 1. The molecule has 0 saturated carbocycles. The summed E-state index contributed by atoms with van der Waals surface area (Å²) in [5.74, 6) is 2.61. The highest BCUT2D eigenvalue weighted by Gasteiger charge is 2.21. The number of thiophene rings is 1. The number of hydrogen-bond acceptors (Lipinski definition) is 11. The fourth-order valence-corrected chi connectivity index (χ4v) is 6.50. The van der Waals surface area contributed by atoms with Crippen LogP contribution in [0.25, 0.3) is 22.5 Å². The van der Waals surface area contributed by atoms with E-state index in [2.05, 4.69) is 10.1 Å². The van der Waals surface area contributed by atoms with Gasteiger partial charge < -0.3 is 32.8 Å². The number of aromatic carboxylic acids is 1. The first-order valence-electron chi connectivity index (χ1n) is 14.7. The number of aromatic nitrogens is 3. The van der Waals surface area contributed by atoms with E-state index in [0.717, 1.165) is 22.6 Å². The van der Waals surface area contributed by atoms with Crippen molar-refractivity contribution in [2.75, 3.05) is 20.3 Å². The standard InChI is InChI=1S/C33H34N3O9PS/c1-5-43-46(39,44-6-2)17-16-24-19-36(25-10-8-7-9-11-25)35-31(24)42-20-23-12-13-27(28(18-23)40-4)41-21-26-22(3)45-32(34-26)29-14-15-30(47-29)33(37)38/h7-19H,5-6,20-21H2,1-4H3,(H,37,38)/b17-16+. The second-order valence-electron chi connectivity index (χ2n) is 9.91. The molecule has 3 heterocycles. The molecule has 0 fully saturated rings. The van der Waals surface area contributed by atoms with Crippen molar-refractivity contribution < 1.29 is 42.1 Å². The van der Waals surface area contributed by atoms with Crippen molar-refractivity contribution in [2.24, 2.45) is 0 Å². The number of carboxylic acid groups (broad SMARTS) is 1. The average Bonchev–Trinajstić information content (AvgIpc) is 3.81. The van der Waals surface area contributed by atoms with E-state index >= 15 is 0 Å². The van der Waals surface area contributed by atoms with Gasteiger partial charge in [0.05, 0.1) is 36.5 Å². The smallest absolute Gasteiger partial charge is 0.354 e. The van der Waals surface area contributed by atoms with E-state index in [-0.39, 0.29) is 31.3 Å². The molecule has 0 unspecified atom stereocenters. The summed E-state index contributed by atoms with van der Waals surface area (Å²) in [6.45, 7) is 6.01. The Morgan fingerprint density at radius 3 is 2.47 bits per heavy atom. The van der Waals surface area contributed by atoms with Gasteiger partial charge in [-0.3, -0.25) is 4.57 Å². The molecule has 0 spiro atoms. The molecule has 0 aliphatic rings. The normalized spacial score (nSPS) is 11.7. The molecule has 0 radical (unpaired) electrons. The van der Waals surface area contributed by atoms with Crippen molar-refractivity contribution in [1.82, 2.24) is 14.8 Å². The summed E-state index contributed by atoms with van der Waals surface area (Å²) in [7, 11) is -1.90. The number of ether oxygens (including phenoxy) is 3. The third kappa shape index (κ3) is 8.38. The Morgan fingerprint density at radius 1 is 1.02 bits per heavy atom. The van der Waals surface area contributed by atoms with E-state index in [1.54, 1.807) is 63.0 Å². The number of aryl methyl sites for hydroxylation is 1. The number of rotatable bonds is 16. The lowest BCUT2D eigenvalue weighted by atomic mass is 10.2. The lowest BCUT2D eigenvalue weighted by Crippen LogP contribution is -2.02. The summed E-state index contributed by atoms with van der Waals surface area (Å²) < 4.78 is 49.1. The Morgan fingerprint density at radius 2 is 1.79 bits per heavy atom. The monoisotopic (exact) mass is 679 g/mol. The number of para-hydroxylation sites is 1. The number of oxazole rings is 1. The Bertz CT molecular complexity index is 1890. The zero-order chi connectivity index (χ0) is 33.4. The van der Waals surface area contributed by atoms with Crippen molar-refractivity contribution in [3.05, 3.63) is 100 Å². The molecule has 14 heteroatoms. The fraction of sp³-hybridized carbons (Fsp3) is 0.242. The first kappa shape index (κ1) is 33.7. The highest BCUT2D eigenvalue weighted by atomic mass is 32.1. The number of benzene rings is 2. The predicted molar refractivity (Wildman–Crippen MR) is 177 cm³/mol. The van der Waals surface area contributed by atoms with Gasteiger partial charge in [0.1, 0.15) is 29.5 Å². The molecule has 5 rings (SSSR count). The molecule has 2 aromatic carbocycles. The zero-order valence-corrected chi connectivity index (χ0v) is 28.0. The van der Waals surface area contributed by atoms with Crippen LogP contribution in [0, 0.1) is 6.92 Å². The lowest BCUT2D eigenvalue weighted by molar-refractivity contribution is 0.0702. The molecule has 3 aromatic heterocycles. The molecule has 0 amide bonds. The maximum absolute atomic E-state index is 13.1. The van der Waals surface area contributed by atoms with Gasteiger partial charge in [-0.1, -0.05) is 24.3 Å². The highest BCUT2D eigenvalue weighted by Crippen LogP contribution is 2.50. The van der Waals surface area contributed by atoms with Gasteiger partial charge in [-0.05, 0) is 68.8 Å². The van der Waals surface area contributed by atoms with Gasteiger partial charge >= 0.3 is 13.6 Å². The van der Waals surface area contributed by atoms with E-state index in [1.165, 1.54) is 11.9 Å². The maximum Gasteiger partial charge on any atom is 0.354 e. The Hall–Kier alpha value is -4.68. The summed E-state index contributed by atoms with van der Waals surface area (Å²) >= 11 is 1.09. The van der Waals surface area contributed by atoms with Crippen molar-refractivity contribution >= 4 is 31.0 Å². The van der Waals surface area contributed by atoms with Crippen LogP contribution in [0.5, 0.6) is 17.4 Å². The molecule has 0 aliphatic heterocycles. The number of carbonyl (C=O) groups is 1. The maximum atomic E-state index is 13.1. The van der Waals surface area contributed by atoms with Crippen molar-refractivity contribution in [2.45, 2.75) is 34.0 Å². The van der Waals surface area contributed by atoms with Crippen LogP contribution in [-0.2, 0) is 26.8 Å². The van der Waals surface area contributed by atoms with E-state index in [0.29, 0.717) is 45.2 Å². The average molecular weight is 680 g/mol. The van der Waals surface area contributed by atoms with E-state index < -0.39 is 13.6 Å². The van der Waals surface area contributed by atoms with Crippen LogP contribution in [0.1, 0.15) is 46.1 Å². The topological polar surface area (TPSA) is 144 Å². The molecular weight excluding hydrogens is 645 g/mol. The van der Waals surface area contributed by atoms with Crippen LogP contribution in [0.15, 0.2) is 77.1 Å². The van der Waals surface area contributed by atoms with Crippen LogP contribution in [0.2, 0.25) is 0 Å². The molecule has 5 aromatic rings. The van der Waals surface area contributed by atoms with Crippen LogP contribution in [-0.4, -0.2) is 46.2 Å². The van der Waals surface area contributed by atoms with Crippen LogP contribution < -0.4 is 14.2 Å². The Kier molecular flexibility index (Phi) is 10.9. The van der Waals surface area contributed by atoms with Crippen LogP contribution >= 0.6 is 18.9 Å². The molecule has 0 aliphatic carbocycles. The van der Waals surface area contributed by atoms with Gasteiger partial charge in [0.15, 0.2) is 11.5 Å². The molecule has 0 bridgehead atoms. The Balaban J connectivity index is 1.30. The zero-order valence-electron chi connectivity index (χ0n) is 26.2. The molecule has 0 atom stereocenters. The van der Waals surface area contributed by atoms with Gasteiger partial charge in [-0.2, -0.15) is 0 Å². The minimum absolute atomic E-state index is 0.110. The largest absolute Gasteiger partial charge is 0.493 e. The van der Waals surface area contributed by atoms with E-state index in [9.17, 15) is 14.5 Å². The summed E-state index contributed by atoms with van der Waals surface area (Å²) in [6.07, 6.45) is 3.41. The van der Waals surface area contributed by atoms with Crippen molar-refractivity contribution in [1.29, 1.82) is 0 Å². The molecule has 12 nitrogen and oxygen atoms in total. The highest BCUT2D eigenvalue weighted by molar-refractivity contribution is 7.57. The lowest BCUT2D eigenvalue weighted by Gasteiger charge is -2.13. The summed E-state index contributed by atoms with van der Waals surface area (Å²) in [6, 6.07) is 18.2. The number of hydrogen-bond donors (Lipinski definition) is 1. The van der Waals surface area contributed by atoms with Gasteiger partial charge in [0.2, 0.25) is 11.8 Å². The predicted octanol–water partition coefficient (Wildman–Crippen LogP) is 8.00. The second kappa shape index (κ2) is 15.3. The minimum atomic E-state index is -3.44. The second-order valence-corrected chi connectivity index (χ2v) is 12.9. The summed E-state index contributed by atoms with van der Waals surface area (Å²) in [4.78, 5) is 16.6.